The normalized spacial score (nSPS) is 15.9. The van der Waals surface area contributed by atoms with Gasteiger partial charge in [-0.25, -0.2) is 0 Å². The lowest BCUT2D eigenvalue weighted by atomic mass is 9.87. The molecule has 0 aromatic heterocycles. The van der Waals surface area contributed by atoms with Gasteiger partial charge in [0.15, 0.2) is 0 Å². The maximum Gasteiger partial charge on any atom is -0.00930 e. The number of hydrogen-bond donors (Lipinski definition) is 0. The minimum absolute atomic E-state index is 1.25. The summed E-state index contributed by atoms with van der Waals surface area (Å²) in [7, 11) is 0. The van der Waals surface area contributed by atoms with Crippen molar-refractivity contribution >= 4 is 34.6 Å². The van der Waals surface area contributed by atoms with Crippen LogP contribution in [0.2, 0.25) is 0 Å². The van der Waals surface area contributed by atoms with Crippen molar-refractivity contribution in [2.24, 2.45) is 0 Å². The van der Waals surface area contributed by atoms with Crippen molar-refractivity contribution < 1.29 is 0 Å². The van der Waals surface area contributed by atoms with Crippen LogP contribution in [0, 0.1) is 0 Å². The third-order valence-electron chi connectivity index (χ3n) is 5.07. The van der Waals surface area contributed by atoms with Gasteiger partial charge in [0.25, 0.3) is 0 Å². The van der Waals surface area contributed by atoms with E-state index < -0.39 is 0 Å². The topological polar surface area (TPSA) is 0 Å². The van der Waals surface area contributed by atoms with E-state index in [0.29, 0.717) is 0 Å². The van der Waals surface area contributed by atoms with E-state index in [9.17, 15) is 0 Å². The monoisotopic (exact) mass is 330 g/mol. The van der Waals surface area contributed by atoms with Crippen molar-refractivity contribution in [3.63, 3.8) is 0 Å². The van der Waals surface area contributed by atoms with Gasteiger partial charge >= 0.3 is 0 Å². The molecule has 0 nitrogen and oxygen atoms in total. The molecule has 0 heterocycles. The summed E-state index contributed by atoms with van der Waals surface area (Å²) in [5.41, 5.74) is 7.58. The second-order valence-electron chi connectivity index (χ2n) is 6.63. The van der Waals surface area contributed by atoms with Crippen LogP contribution >= 0.6 is 0 Å². The molecular formula is C26H18. The standard InChI is InChI=1S/C26H18/c1-2-11-22-18-26(25-15-7-12-20-9-3-5-13-23(20)25)24-14-6-4-10-21(24)17-16-19(22)8-1/h1-18H/b17-16-,19-16?,21-17?,22-18?,26-18+,26-24?. The van der Waals surface area contributed by atoms with E-state index in [-0.39, 0.29) is 0 Å². The maximum atomic E-state index is 2.33. The molecule has 1 aliphatic rings. The first-order chi connectivity index (χ1) is 12.9. The zero-order valence-corrected chi connectivity index (χ0v) is 14.4. The quantitative estimate of drug-likeness (QED) is 0.313. The lowest BCUT2D eigenvalue weighted by molar-refractivity contribution is 1.53. The number of fused-ring (bicyclic) bond motifs is 3. The summed E-state index contributed by atoms with van der Waals surface area (Å²) < 4.78 is 0. The molecule has 26 heavy (non-hydrogen) atoms. The van der Waals surface area contributed by atoms with E-state index >= 15 is 0 Å². The second-order valence-corrected chi connectivity index (χ2v) is 6.63. The lowest BCUT2D eigenvalue weighted by Crippen LogP contribution is -1.95. The highest BCUT2D eigenvalue weighted by atomic mass is 14.2. The highest BCUT2D eigenvalue weighted by Crippen LogP contribution is 2.35. The fourth-order valence-corrected chi connectivity index (χ4v) is 3.78. The largest absolute Gasteiger partial charge is 0.0616 e. The van der Waals surface area contributed by atoms with Crippen LogP contribution in [-0.2, 0) is 0 Å². The number of benzene rings is 4. The molecule has 122 valence electrons. The second kappa shape index (κ2) is 6.16. The van der Waals surface area contributed by atoms with Crippen molar-refractivity contribution in [1.29, 1.82) is 0 Å². The first kappa shape index (κ1) is 14.9. The smallest absolute Gasteiger partial charge is 0.00930 e. The zero-order valence-electron chi connectivity index (χ0n) is 14.4. The summed E-state index contributed by atoms with van der Waals surface area (Å²) in [6.07, 6.45) is 6.77. The Balaban J connectivity index is 1.86. The summed E-state index contributed by atoms with van der Waals surface area (Å²) in [5, 5.41) is 2.56. The Kier molecular flexibility index (Phi) is 3.54. The molecule has 0 N–H and O–H groups in total. The summed E-state index contributed by atoms with van der Waals surface area (Å²) in [6, 6.07) is 32.4. The van der Waals surface area contributed by atoms with Crippen LogP contribution in [0.15, 0.2) is 91.0 Å². The van der Waals surface area contributed by atoms with Gasteiger partial charge in [0.1, 0.15) is 0 Å². The Labute approximate surface area is 153 Å². The van der Waals surface area contributed by atoms with Gasteiger partial charge in [-0.05, 0) is 50.2 Å². The Bertz CT molecular complexity index is 1170. The lowest BCUT2D eigenvalue weighted by Gasteiger charge is -2.17. The van der Waals surface area contributed by atoms with Gasteiger partial charge in [0.05, 0.1) is 0 Å². The van der Waals surface area contributed by atoms with Crippen molar-refractivity contribution in [3.05, 3.63) is 119 Å². The third kappa shape index (κ3) is 2.48. The van der Waals surface area contributed by atoms with E-state index in [2.05, 4.69) is 109 Å². The molecular weight excluding hydrogens is 312 g/mol. The zero-order chi connectivity index (χ0) is 17.3. The minimum atomic E-state index is 1.25. The maximum absolute atomic E-state index is 2.33. The van der Waals surface area contributed by atoms with Gasteiger partial charge in [0, 0.05) is 0 Å². The van der Waals surface area contributed by atoms with E-state index in [1.54, 1.807) is 0 Å². The van der Waals surface area contributed by atoms with Crippen LogP contribution in [0.5, 0.6) is 0 Å². The van der Waals surface area contributed by atoms with Crippen molar-refractivity contribution in [3.8, 4) is 0 Å². The Morgan fingerprint density at radius 1 is 0.423 bits per heavy atom. The first-order valence-electron chi connectivity index (χ1n) is 8.96. The molecule has 0 spiro atoms. The van der Waals surface area contributed by atoms with Crippen molar-refractivity contribution in [2.45, 2.75) is 0 Å². The van der Waals surface area contributed by atoms with Gasteiger partial charge < -0.3 is 0 Å². The molecule has 4 aromatic rings. The fourth-order valence-electron chi connectivity index (χ4n) is 3.78. The first-order valence-corrected chi connectivity index (χ1v) is 8.96. The van der Waals surface area contributed by atoms with Crippen molar-refractivity contribution in [1.82, 2.24) is 0 Å². The van der Waals surface area contributed by atoms with Gasteiger partial charge in [-0.3, -0.25) is 0 Å². The van der Waals surface area contributed by atoms with E-state index in [0.717, 1.165) is 0 Å². The molecule has 0 saturated carbocycles. The third-order valence-corrected chi connectivity index (χ3v) is 5.07. The Morgan fingerprint density at radius 2 is 1.04 bits per heavy atom. The summed E-state index contributed by atoms with van der Waals surface area (Å²) in [4.78, 5) is 0. The number of rotatable bonds is 1. The highest BCUT2D eigenvalue weighted by molar-refractivity contribution is 6.05. The molecule has 0 aliphatic heterocycles. The summed E-state index contributed by atoms with van der Waals surface area (Å²) in [6.45, 7) is 0. The Hall–Kier alpha value is -3.38. The van der Waals surface area contributed by atoms with E-state index in [1.807, 2.05) is 0 Å². The minimum Gasteiger partial charge on any atom is -0.0616 e. The summed E-state index contributed by atoms with van der Waals surface area (Å²) in [5.74, 6) is 0. The molecule has 0 bridgehead atoms. The fraction of sp³-hybridized carbons (Fsp3) is 0. The van der Waals surface area contributed by atoms with Crippen LogP contribution in [0.4, 0.5) is 0 Å². The predicted octanol–water partition coefficient (Wildman–Crippen LogP) is 6.91. The molecule has 0 amide bonds. The van der Waals surface area contributed by atoms with E-state index in [4.69, 9.17) is 0 Å². The van der Waals surface area contributed by atoms with Crippen molar-refractivity contribution in [2.75, 3.05) is 0 Å². The van der Waals surface area contributed by atoms with Crippen LogP contribution in [0.1, 0.15) is 27.8 Å². The highest BCUT2D eigenvalue weighted by Gasteiger charge is 2.14. The molecule has 0 atom stereocenters. The molecule has 1 aliphatic carbocycles. The van der Waals surface area contributed by atoms with Gasteiger partial charge in [-0.1, -0.05) is 103 Å². The Morgan fingerprint density at radius 3 is 1.96 bits per heavy atom. The average molecular weight is 330 g/mol. The SMILES string of the molecule is C1=C\c2ccccc2/C(c2cccc3ccccc23)=C\c2ccccc2/1. The molecule has 4 aromatic carbocycles. The predicted molar refractivity (Wildman–Crippen MR) is 113 cm³/mol. The van der Waals surface area contributed by atoms with Gasteiger partial charge in [-0.2, -0.15) is 0 Å². The molecule has 0 heteroatoms. The molecule has 0 radical (unpaired) electrons. The molecule has 0 saturated heterocycles. The van der Waals surface area contributed by atoms with Crippen LogP contribution in [0.3, 0.4) is 0 Å². The molecule has 0 unspecified atom stereocenters. The summed E-state index contributed by atoms with van der Waals surface area (Å²) >= 11 is 0. The van der Waals surface area contributed by atoms with E-state index in [1.165, 1.54) is 44.2 Å². The van der Waals surface area contributed by atoms with Crippen LogP contribution in [0.25, 0.3) is 34.6 Å². The van der Waals surface area contributed by atoms with Crippen LogP contribution < -0.4 is 0 Å². The van der Waals surface area contributed by atoms with Gasteiger partial charge in [-0.15, -0.1) is 0 Å². The average Bonchev–Trinajstić information content (AvgIpc) is 2.69. The van der Waals surface area contributed by atoms with Gasteiger partial charge in [0.2, 0.25) is 0 Å². The molecule has 0 fully saturated rings. The number of hydrogen-bond acceptors (Lipinski definition) is 0. The van der Waals surface area contributed by atoms with Crippen LogP contribution in [-0.4, -0.2) is 0 Å². The molecule has 5 rings (SSSR count).